The van der Waals surface area contributed by atoms with Crippen LogP contribution in [0.2, 0.25) is 0 Å². The second-order valence-electron chi connectivity index (χ2n) is 9.20. The van der Waals surface area contributed by atoms with E-state index in [0.717, 1.165) is 59.7 Å². The Hall–Kier alpha value is -2.78. The number of piperidine rings is 1. The summed E-state index contributed by atoms with van der Waals surface area (Å²) in [6, 6.07) is 2.03. The number of aryl methyl sites for hydroxylation is 1. The lowest BCUT2D eigenvalue weighted by Gasteiger charge is -2.34. The third-order valence-corrected chi connectivity index (χ3v) is 6.76. The first kappa shape index (κ1) is 22.0. The van der Waals surface area contributed by atoms with Gasteiger partial charge in [-0.2, -0.15) is 10.2 Å². The Kier molecular flexibility index (Phi) is 5.92. The van der Waals surface area contributed by atoms with E-state index in [2.05, 4.69) is 15.0 Å². The van der Waals surface area contributed by atoms with Crippen molar-refractivity contribution in [2.24, 2.45) is 0 Å². The van der Waals surface area contributed by atoms with Gasteiger partial charge in [-0.1, -0.05) is 0 Å². The molecule has 0 amide bonds. The van der Waals surface area contributed by atoms with Crippen LogP contribution in [0, 0.1) is 6.92 Å². The van der Waals surface area contributed by atoms with E-state index in [1.807, 2.05) is 30.9 Å². The summed E-state index contributed by atoms with van der Waals surface area (Å²) in [4.78, 5) is 6.61. The summed E-state index contributed by atoms with van der Waals surface area (Å²) in [5.74, 6) is 0.607. The van der Waals surface area contributed by atoms with E-state index in [0.29, 0.717) is 31.9 Å². The Morgan fingerprint density at radius 1 is 1.18 bits per heavy atom. The monoisotopic (exact) mass is 454 g/mol. The predicted octanol–water partition coefficient (Wildman–Crippen LogP) is 3.00. The first-order chi connectivity index (χ1) is 16.0. The molecule has 0 aliphatic carbocycles. The molecule has 0 radical (unpaired) electrons. The molecule has 0 N–H and O–H groups in total. The highest BCUT2D eigenvalue weighted by Gasteiger charge is 2.34. The molecule has 0 spiro atoms. The first-order valence-electron chi connectivity index (χ1n) is 11.6. The Morgan fingerprint density at radius 2 is 1.97 bits per heavy atom. The van der Waals surface area contributed by atoms with Crippen molar-refractivity contribution >= 4 is 0 Å². The maximum Gasteiger partial charge on any atom is 0.216 e. The SMILES string of the molecule is COc1ncc(-n2nc(-c3cnn(CC4(F)CCN(C)CC4)c3)c3c2CCOCC3)cc1C. The fourth-order valence-corrected chi connectivity index (χ4v) is 4.81. The maximum atomic E-state index is 15.4. The Bertz CT molecular complexity index is 1130. The number of nitrogens with zero attached hydrogens (tertiary/aromatic N) is 6. The zero-order chi connectivity index (χ0) is 23.0. The zero-order valence-corrected chi connectivity index (χ0v) is 19.6. The van der Waals surface area contributed by atoms with Crippen molar-refractivity contribution in [1.82, 2.24) is 29.4 Å². The summed E-state index contributed by atoms with van der Waals surface area (Å²) in [5.41, 5.74) is 4.69. The van der Waals surface area contributed by atoms with Gasteiger partial charge >= 0.3 is 0 Å². The maximum absolute atomic E-state index is 15.4. The first-order valence-corrected chi connectivity index (χ1v) is 11.6. The number of halogens is 1. The van der Waals surface area contributed by atoms with E-state index in [4.69, 9.17) is 14.6 Å². The quantitative estimate of drug-likeness (QED) is 0.590. The normalized spacial score (nSPS) is 18.7. The molecule has 0 aromatic carbocycles. The van der Waals surface area contributed by atoms with Crippen molar-refractivity contribution in [3.05, 3.63) is 41.5 Å². The number of hydrogen-bond acceptors (Lipinski definition) is 6. The smallest absolute Gasteiger partial charge is 0.216 e. The lowest BCUT2D eigenvalue weighted by atomic mass is 9.93. The second-order valence-corrected chi connectivity index (χ2v) is 9.20. The molecule has 8 nitrogen and oxygen atoms in total. The summed E-state index contributed by atoms with van der Waals surface area (Å²) < 4.78 is 30.1. The van der Waals surface area contributed by atoms with Gasteiger partial charge in [0.05, 0.1) is 56.3 Å². The molecule has 2 aliphatic rings. The van der Waals surface area contributed by atoms with Crippen molar-refractivity contribution in [3.8, 4) is 22.8 Å². The van der Waals surface area contributed by atoms with Crippen LogP contribution in [0.1, 0.15) is 29.7 Å². The molecule has 0 unspecified atom stereocenters. The van der Waals surface area contributed by atoms with Gasteiger partial charge in [-0.3, -0.25) is 4.68 Å². The Labute approximate surface area is 193 Å². The van der Waals surface area contributed by atoms with Crippen molar-refractivity contribution in [1.29, 1.82) is 0 Å². The molecule has 1 saturated heterocycles. The molecule has 33 heavy (non-hydrogen) atoms. The lowest BCUT2D eigenvalue weighted by molar-refractivity contribution is 0.0499. The van der Waals surface area contributed by atoms with Gasteiger partial charge < -0.3 is 14.4 Å². The van der Waals surface area contributed by atoms with Gasteiger partial charge in [-0.05, 0) is 39.3 Å². The van der Waals surface area contributed by atoms with E-state index in [-0.39, 0.29) is 6.54 Å². The van der Waals surface area contributed by atoms with Crippen LogP contribution in [-0.2, 0) is 24.1 Å². The third-order valence-electron chi connectivity index (χ3n) is 6.76. The van der Waals surface area contributed by atoms with E-state index in [9.17, 15) is 0 Å². The molecule has 5 heterocycles. The topological polar surface area (TPSA) is 70.2 Å². The highest BCUT2D eigenvalue weighted by molar-refractivity contribution is 5.64. The minimum atomic E-state index is -1.22. The van der Waals surface area contributed by atoms with Gasteiger partial charge in [0, 0.05) is 42.4 Å². The van der Waals surface area contributed by atoms with Crippen LogP contribution in [-0.4, -0.2) is 75.6 Å². The molecule has 5 rings (SSSR count). The lowest BCUT2D eigenvalue weighted by Crippen LogP contribution is -2.42. The van der Waals surface area contributed by atoms with Crippen molar-refractivity contribution in [3.63, 3.8) is 0 Å². The van der Waals surface area contributed by atoms with Crippen LogP contribution in [0.4, 0.5) is 4.39 Å². The van der Waals surface area contributed by atoms with Gasteiger partial charge in [0.15, 0.2) is 0 Å². The minimum Gasteiger partial charge on any atom is -0.481 e. The summed E-state index contributed by atoms with van der Waals surface area (Å²) in [7, 11) is 3.66. The molecule has 3 aromatic rings. The Morgan fingerprint density at radius 3 is 2.73 bits per heavy atom. The van der Waals surface area contributed by atoms with E-state index >= 15 is 4.39 Å². The summed E-state index contributed by atoms with van der Waals surface area (Å²) in [5, 5.41) is 9.48. The van der Waals surface area contributed by atoms with Gasteiger partial charge in [0.1, 0.15) is 5.67 Å². The average molecular weight is 455 g/mol. The van der Waals surface area contributed by atoms with Crippen LogP contribution >= 0.6 is 0 Å². The van der Waals surface area contributed by atoms with Gasteiger partial charge in [-0.15, -0.1) is 0 Å². The number of methoxy groups -OCH3 is 1. The van der Waals surface area contributed by atoms with Gasteiger partial charge in [0.25, 0.3) is 0 Å². The second kappa shape index (κ2) is 8.87. The minimum absolute atomic E-state index is 0.272. The zero-order valence-electron chi connectivity index (χ0n) is 19.6. The molecule has 0 atom stereocenters. The molecule has 0 bridgehead atoms. The van der Waals surface area contributed by atoms with Crippen LogP contribution in [0.25, 0.3) is 16.9 Å². The largest absolute Gasteiger partial charge is 0.481 e. The summed E-state index contributed by atoms with van der Waals surface area (Å²) >= 11 is 0. The summed E-state index contributed by atoms with van der Waals surface area (Å²) in [6.07, 6.45) is 8.11. The molecule has 2 aliphatic heterocycles. The van der Waals surface area contributed by atoms with Crippen molar-refractivity contribution < 1.29 is 13.9 Å². The Balaban J connectivity index is 1.48. The van der Waals surface area contributed by atoms with Crippen LogP contribution in [0.5, 0.6) is 5.88 Å². The number of pyridine rings is 1. The van der Waals surface area contributed by atoms with Crippen LogP contribution < -0.4 is 4.74 Å². The average Bonchev–Trinajstić information content (AvgIpc) is 3.32. The van der Waals surface area contributed by atoms with Crippen molar-refractivity contribution in [2.45, 2.75) is 44.8 Å². The third kappa shape index (κ3) is 4.39. The fourth-order valence-electron chi connectivity index (χ4n) is 4.81. The number of likely N-dealkylation sites (tertiary alicyclic amines) is 1. The van der Waals surface area contributed by atoms with Crippen LogP contribution in [0.15, 0.2) is 24.7 Å². The molecule has 3 aromatic heterocycles. The number of aromatic nitrogens is 5. The predicted molar refractivity (Wildman–Crippen MR) is 123 cm³/mol. The molecular weight excluding hydrogens is 423 g/mol. The van der Waals surface area contributed by atoms with E-state index < -0.39 is 5.67 Å². The fraction of sp³-hybridized carbons (Fsp3) is 0.542. The van der Waals surface area contributed by atoms with E-state index in [1.54, 1.807) is 24.2 Å². The number of hydrogen-bond donors (Lipinski definition) is 0. The number of alkyl halides is 1. The van der Waals surface area contributed by atoms with Gasteiger partial charge in [0.2, 0.25) is 5.88 Å². The number of rotatable bonds is 5. The summed E-state index contributed by atoms with van der Waals surface area (Å²) in [6.45, 7) is 5.10. The highest BCUT2D eigenvalue weighted by atomic mass is 19.1. The van der Waals surface area contributed by atoms with E-state index in [1.165, 1.54) is 0 Å². The van der Waals surface area contributed by atoms with Crippen molar-refractivity contribution in [2.75, 3.05) is 40.5 Å². The molecule has 176 valence electrons. The van der Waals surface area contributed by atoms with Gasteiger partial charge in [-0.25, -0.2) is 14.1 Å². The molecular formula is C24H31FN6O2. The number of ether oxygens (including phenoxy) is 2. The van der Waals surface area contributed by atoms with Crippen LogP contribution in [0.3, 0.4) is 0 Å². The molecule has 0 saturated carbocycles. The molecule has 9 heteroatoms. The highest BCUT2D eigenvalue weighted by Crippen LogP contribution is 2.32. The standard InChI is InChI=1S/C24H31FN6O2/c1-17-12-19(14-26-23(17)32-3)31-21-5-11-33-10-4-20(21)22(28-31)18-13-27-30(15-18)16-24(25)6-8-29(2)9-7-24/h12-15H,4-11,16H2,1-3H3. The molecule has 1 fully saturated rings. The number of fused-ring (bicyclic) bond motifs is 1.